The van der Waals surface area contributed by atoms with Crippen LogP contribution in [0.15, 0.2) is 39.0 Å². The first kappa shape index (κ1) is 20.4. The third-order valence-corrected chi connectivity index (χ3v) is 7.78. The molecule has 0 radical (unpaired) electrons. The van der Waals surface area contributed by atoms with Crippen LogP contribution < -0.4 is 5.32 Å². The van der Waals surface area contributed by atoms with E-state index in [0.717, 1.165) is 15.1 Å². The highest BCUT2D eigenvalue weighted by atomic mass is 32.2. The molecule has 5 nitrogen and oxygen atoms in total. The van der Waals surface area contributed by atoms with Crippen LogP contribution >= 0.6 is 34.9 Å². The van der Waals surface area contributed by atoms with Gasteiger partial charge in [0.2, 0.25) is 5.91 Å². The van der Waals surface area contributed by atoms with E-state index in [9.17, 15) is 9.59 Å². The molecule has 1 saturated carbocycles. The maximum Gasteiger partial charge on any atom is 0.230 e. The molecule has 2 aromatic rings. The Labute approximate surface area is 172 Å². The number of Topliss-reactive ketones (excluding diaryl/α,β-unsaturated/α-hetero) is 1. The predicted molar refractivity (Wildman–Crippen MR) is 112 cm³/mol. The van der Waals surface area contributed by atoms with Crippen LogP contribution in [0.2, 0.25) is 0 Å². The number of amides is 1. The predicted octanol–water partition coefficient (Wildman–Crippen LogP) is 4.30. The van der Waals surface area contributed by atoms with Crippen molar-refractivity contribution in [3.05, 3.63) is 35.9 Å². The van der Waals surface area contributed by atoms with Crippen LogP contribution in [-0.2, 0) is 4.79 Å². The van der Waals surface area contributed by atoms with Gasteiger partial charge in [-0.1, -0.05) is 85.0 Å². The molecule has 1 fully saturated rings. The normalized spacial score (nSPS) is 19.6. The van der Waals surface area contributed by atoms with Crippen LogP contribution in [0.3, 0.4) is 0 Å². The van der Waals surface area contributed by atoms with E-state index in [0.29, 0.717) is 29.0 Å². The lowest BCUT2D eigenvalue weighted by molar-refractivity contribution is -0.119. The Balaban J connectivity index is 1.41. The van der Waals surface area contributed by atoms with Crippen molar-refractivity contribution in [3.63, 3.8) is 0 Å². The van der Waals surface area contributed by atoms with Crippen LogP contribution in [0.5, 0.6) is 0 Å². The second-order valence-corrected chi connectivity index (χ2v) is 10.1. The molecule has 1 aromatic heterocycles. The van der Waals surface area contributed by atoms with Gasteiger partial charge in [-0.25, -0.2) is 0 Å². The van der Waals surface area contributed by atoms with Gasteiger partial charge < -0.3 is 5.32 Å². The number of aromatic nitrogens is 2. The standard InChI is InChI=1S/C19H23N3O2S3/c1-13-7-5-6-10-15(13)20-17(24)12-26-19-22-21-18(27-19)25-11-16(23)14-8-3-2-4-9-14/h2-4,8-9,13,15H,5-7,10-12H2,1H3,(H,20,24)/t13-,15+/m1/s1. The van der Waals surface area contributed by atoms with Crippen LogP contribution in [0.25, 0.3) is 0 Å². The third-order valence-electron chi connectivity index (χ3n) is 4.60. The van der Waals surface area contributed by atoms with Crippen LogP contribution in [0.4, 0.5) is 0 Å². The van der Waals surface area contributed by atoms with Crippen molar-refractivity contribution in [2.24, 2.45) is 5.92 Å². The zero-order valence-corrected chi connectivity index (χ0v) is 17.7. The molecule has 0 spiro atoms. The van der Waals surface area contributed by atoms with E-state index in [1.807, 2.05) is 30.3 Å². The maximum atomic E-state index is 12.2. The number of thioether (sulfide) groups is 2. The Morgan fingerprint density at radius 3 is 2.44 bits per heavy atom. The third kappa shape index (κ3) is 6.33. The molecule has 1 amide bonds. The second-order valence-electron chi connectivity index (χ2n) is 6.64. The fourth-order valence-corrected chi connectivity index (χ4v) is 5.78. The molecule has 0 aliphatic heterocycles. The van der Waals surface area contributed by atoms with Crippen molar-refractivity contribution in [2.45, 2.75) is 47.3 Å². The molecule has 1 heterocycles. The number of carbonyl (C=O) groups is 2. The lowest BCUT2D eigenvalue weighted by Crippen LogP contribution is -2.41. The SMILES string of the molecule is C[C@@H]1CCCC[C@@H]1NC(=O)CSc1nnc(SCC(=O)c2ccccc2)s1. The van der Waals surface area contributed by atoms with Gasteiger partial charge in [-0.3, -0.25) is 9.59 Å². The molecular formula is C19H23N3O2S3. The summed E-state index contributed by atoms with van der Waals surface area (Å²) < 4.78 is 1.51. The Bertz CT molecular complexity index is 767. The van der Waals surface area contributed by atoms with Crippen molar-refractivity contribution >= 4 is 46.6 Å². The van der Waals surface area contributed by atoms with Gasteiger partial charge in [-0.15, -0.1) is 10.2 Å². The highest BCUT2D eigenvalue weighted by Gasteiger charge is 2.22. The molecule has 3 rings (SSSR count). The monoisotopic (exact) mass is 421 g/mol. The van der Waals surface area contributed by atoms with E-state index >= 15 is 0 Å². The van der Waals surface area contributed by atoms with Crippen LogP contribution in [0, 0.1) is 5.92 Å². The number of nitrogens with zero attached hydrogens (tertiary/aromatic N) is 2. The smallest absolute Gasteiger partial charge is 0.230 e. The van der Waals surface area contributed by atoms with Crippen molar-refractivity contribution in [1.29, 1.82) is 0 Å². The van der Waals surface area contributed by atoms with Crippen molar-refractivity contribution < 1.29 is 9.59 Å². The Hall–Kier alpha value is -1.38. The Morgan fingerprint density at radius 1 is 1.07 bits per heavy atom. The van der Waals surface area contributed by atoms with Gasteiger partial charge in [-0.05, 0) is 18.8 Å². The van der Waals surface area contributed by atoms with Crippen molar-refractivity contribution in [1.82, 2.24) is 15.5 Å². The number of ketones is 1. The number of carbonyl (C=O) groups excluding carboxylic acids is 2. The van der Waals surface area contributed by atoms with Gasteiger partial charge in [0.15, 0.2) is 14.5 Å². The summed E-state index contributed by atoms with van der Waals surface area (Å²) in [4.78, 5) is 24.3. The highest BCUT2D eigenvalue weighted by molar-refractivity contribution is 8.03. The summed E-state index contributed by atoms with van der Waals surface area (Å²) >= 11 is 4.22. The van der Waals surface area contributed by atoms with Gasteiger partial charge >= 0.3 is 0 Å². The van der Waals surface area contributed by atoms with E-state index in [2.05, 4.69) is 22.4 Å². The lowest BCUT2D eigenvalue weighted by Gasteiger charge is -2.29. The first-order valence-electron chi connectivity index (χ1n) is 9.08. The van der Waals surface area contributed by atoms with Crippen LogP contribution in [0.1, 0.15) is 43.0 Å². The summed E-state index contributed by atoms with van der Waals surface area (Å²) in [6.07, 6.45) is 4.73. The zero-order valence-electron chi connectivity index (χ0n) is 15.2. The van der Waals surface area contributed by atoms with E-state index in [-0.39, 0.29) is 11.7 Å². The summed E-state index contributed by atoms with van der Waals surface area (Å²) in [5.41, 5.74) is 0.706. The van der Waals surface area contributed by atoms with E-state index in [1.165, 1.54) is 54.1 Å². The number of hydrogen-bond acceptors (Lipinski definition) is 7. The quantitative estimate of drug-likeness (QED) is 0.506. The topological polar surface area (TPSA) is 72.0 Å². The molecule has 1 N–H and O–H groups in total. The summed E-state index contributed by atoms with van der Waals surface area (Å²) in [5.74, 6) is 1.38. The van der Waals surface area contributed by atoms with E-state index < -0.39 is 0 Å². The average Bonchev–Trinajstić information content (AvgIpc) is 3.15. The minimum absolute atomic E-state index is 0.0578. The summed E-state index contributed by atoms with van der Waals surface area (Å²) in [7, 11) is 0. The van der Waals surface area contributed by atoms with Gasteiger partial charge in [-0.2, -0.15) is 0 Å². The molecule has 8 heteroatoms. The summed E-state index contributed by atoms with van der Waals surface area (Å²) in [5, 5.41) is 11.4. The van der Waals surface area contributed by atoms with Crippen molar-refractivity contribution in [3.8, 4) is 0 Å². The molecule has 27 heavy (non-hydrogen) atoms. The molecule has 2 atom stereocenters. The number of nitrogens with one attached hydrogen (secondary N) is 1. The molecule has 0 saturated heterocycles. The Morgan fingerprint density at radius 2 is 1.74 bits per heavy atom. The van der Waals surface area contributed by atoms with Gasteiger partial charge in [0.25, 0.3) is 0 Å². The minimum Gasteiger partial charge on any atom is -0.352 e. The number of rotatable bonds is 8. The molecule has 144 valence electrons. The molecule has 1 aliphatic carbocycles. The molecule has 1 aliphatic rings. The lowest BCUT2D eigenvalue weighted by atomic mass is 9.86. The van der Waals surface area contributed by atoms with Gasteiger partial charge in [0.05, 0.1) is 11.5 Å². The molecule has 0 bridgehead atoms. The zero-order chi connectivity index (χ0) is 19.1. The number of benzene rings is 1. The second kappa shape index (κ2) is 10.2. The minimum atomic E-state index is 0.0578. The first-order valence-corrected chi connectivity index (χ1v) is 11.9. The highest BCUT2D eigenvalue weighted by Crippen LogP contribution is 2.29. The molecule has 0 unspecified atom stereocenters. The number of hydrogen-bond donors (Lipinski definition) is 1. The van der Waals surface area contributed by atoms with E-state index in [1.54, 1.807) is 0 Å². The largest absolute Gasteiger partial charge is 0.352 e. The molecular weight excluding hydrogens is 398 g/mol. The van der Waals surface area contributed by atoms with Crippen molar-refractivity contribution in [2.75, 3.05) is 11.5 Å². The Kier molecular flexibility index (Phi) is 7.72. The summed E-state index contributed by atoms with van der Waals surface area (Å²) in [6.45, 7) is 2.21. The van der Waals surface area contributed by atoms with E-state index in [4.69, 9.17) is 0 Å². The van der Waals surface area contributed by atoms with Gasteiger partial charge in [0, 0.05) is 11.6 Å². The average molecular weight is 422 g/mol. The first-order chi connectivity index (χ1) is 13.1. The maximum absolute atomic E-state index is 12.2. The van der Waals surface area contributed by atoms with Gasteiger partial charge in [0.1, 0.15) is 0 Å². The summed E-state index contributed by atoms with van der Waals surface area (Å²) in [6, 6.07) is 9.54. The fourth-order valence-electron chi connectivity index (χ4n) is 3.05. The fraction of sp³-hybridized carbons (Fsp3) is 0.474. The molecule has 1 aromatic carbocycles. The van der Waals surface area contributed by atoms with Crippen LogP contribution in [-0.4, -0.2) is 39.4 Å².